The molecule has 136 valence electrons. The van der Waals surface area contributed by atoms with Crippen molar-refractivity contribution in [2.75, 3.05) is 6.54 Å². The van der Waals surface area contributed by atoms with Gasteiger partial charge in [-0.3, -0.25) is 9.67 Å². The Balaban J connectivity index is 1.66. The number of sulfonamides is 1. The van der Waals surface area contributed by atoms with Gasteiger partial charge in [0, 0.05) is 30.7 Å². The van der Waals surface area contributed by atoms with Gasteiger partial charge in [-0.25, -0.2) is 13.1 Å². The van der Waals surface area contributed by atoms with E-state index in [1.807, 2.05) is 51.2 Å². The number of benzene rings is 1. The van der Waals surface area contributed by atoms with Crippen molar-refractivity contribution >= 4 is 10.0 Å². The van der Waals surface area contributed by atoms with Crippen LogP contribution in [0.15, 0.2) is 53.8 Å². The predicted octanol–water partition coefficient (Wildman–Crippen LogP) is 2.85. The lowest BCUT2D eigenvalue weighted by atomic mass is 10.1. The fraction of sp³-hybridized carbons (Fsp3) is 0.263. The van der Waals surface area contributed by atoms with Crippen molar-refractivity contribution in [2.45, 2.75) is 32.2 Å². The van der Waals surface area contributed by atoms with E-state index in [9.17, 15) is 8.42 Å². The summed E-state index contributed by atoms with van der Waals surface area (Å²) in [6.45, 7) is 6.43. The van der Waals surface area contributed by atoms with Gasteiger partial charge < -0.3 is 0 Å². The molecule has 6 nitrogen and oxygen atoms in total. The molecule has 0 radical (unpaired) electrons. The Labute approximate surface area is 154 Å². The molecule has 0 atom stereocenters. The molecule has 1 aromatic carbocycles. The lowest BCUT2D eigenvalue weighted by Crippen LogP contribution is -2.28. The van der Waals surface area contributed by atoms with E-state index < -0.39 is 10.0 Å². The van der Waals surface area contributed by atoms with Gasteiger partial charge in [0.15, 0.2) is 0 Å². The minimum Gasteiger partial charge on any atom is -0.271 e. The second kappa shape index (κ2) is 7.39. The third kappa shape index (κ3) is 4.00. The lowest BCUT2D eigenvalue weighted by molar-refractivity contribution is 0.561. The zero-order chi connectivity index (χ0) is 18.7. The quantitative estimate of drug-likeness (QED) is 0.724. The van der Waals surface area contributed by atoms with Crippen LogP contribution in [0.1, 0.15) is 16.7 Å². The second-order valence-corrected chi connectivity index (χ2v) is 8.04. The molecule has 0 spiro atoms. The van der Waals surface area contributed by atoms with Gasteiger partial charge in [0.05, 0.1) is 17.1 Å². The zero-order valence-electron chi connectivity index (χ0n) is 15.1. The number of hydrogen-bond acceptors (Lipinski definition) is 4. The highest BCUT2D eigenvalue weighted by molar-refractivity contribution is 7.89. The van der Waals surface area contributed by atoms with E-state index in [-0.39, 0.29) is 6.54 Å². The Bertz CT molecular complexity index is 1010. The van der Waals surface area contributed by atoms with Crippen molar-refractivity contribution in [3.05, 3.63) is 65.6 Å². The summed E-state index contributed by atoms with van der Waals surface area (Å²) in [6, 6.07) is 9.30. The third-order valence-electron chi connectivity index (χ3n) is 4.33. The molecule has 2 aromatic heterocycles. The summed E-state index contributed by atoms with van der Waals surface area (Å²) < 4.78 is 29.6. The van der Waals surface area contributed by atoms with Gasteiger partial charge in [0.25, 0.3) is 0 Å². The van der Waals surface area contributed by atoms with Crippen molar-refractivity contribution in [1.82, 2.24) is 19.5 Å². The van der Waals surface area contributed by atoms with E-state index in [4.69, 9.17) is 0 Å². The monoisotopic (exact) mass is 370 g/mol. The molecule has 0 aliphatic heterocycles. The van der Waals surface area contributed by atoms with Crippen LogP contribution in [0.4, 0.5) is 0 Å². The SMILES string of the molecule is Cc1cc(C)c(S(=O)(=O)NCCn2ccc(-c3ccncc3)n2)cc1C. The molecule has 26 heavy (non-hydrogen) atoms. The summed E-state index contributed by atoms with van der Waals surface area (Å²) in [4.78, 5) is 4.32. The van der Waals surface area contributed by atoms with Crippen molar-refractivity contribution in [3.8, 4) is 11.3 Å². The van der Waals surface area contributed by atoms with Gasteiger partial charge in [-0.05, 0) is 61.7 Å². The highest BCUT2D eigenvalue weighted by Gasteiger charge is 2.17. The van der Waals surface area contributed by atoms with Crippen molar-refractivity contribution in [2.24, 2.45) is 0 Å². The predicted molar refractivity (Wildman–Crippen MR) is 101 cm³/mol. The number of aromatic nitrogens is 3. The first kappa shape index (κ1) is 18.3. The molecular formula is C19H22N4O2S. The molecule has 0 saturated carbocycles. The Kier molecular flexibility index (Phi) is 5.20. The van der Waals surface area contributed by atoms with Crippen LogP contribution in [0.2, 0.25) is 0 Å². The summed E-state index contributed by atoms with van der Waals surface area (Å²) in [5.74, 6) is 0. The third-order valence-corrected chi connectivity index (χ3v) is 5.93. The standard InChI is InChI=1S/C19H22N4O2S/c1-14-12-16(3)19(13-15(14)2)26(24,25)21-9-11-23-10-6-18(22-23)17-4-7-20-8-5-17/h4-8,10,12-13,21H,9,11H2,1-3H3. The van der Waals surface area contributed by atoms with Gasteiger partial charge in [-0.2, -0.15) is 5.10 Å². The smallest absolute Gasteiger partial charge is 0.240 e. The van der Waals surface area contributed by atoms with Crippen molar-refractivity contribution in [1.29, 1.82) is 0 Å². The second-order valence-electron chi connectivity index (χ2n) is 6.30. The zero-order valence-corrected chi connectivity index (χ0v) is 15.9. The number of nitrogens with zero attached hydrogens (tertiary/aromatic N) is 3. The number of hydrogen-bond donors (Lipinski definition) is 1. The van der Waals surface area contributed by atoms with Crippen LogP contribution >= 0.6 is 0 Å². The number of pyridine rings is 1. The summed E-state index contributed by atoms with van der Waals surface area (Å²) >= 11 is 0. The molecule has 0 amide bonds. The molecule has 0 bridgehead atoms. The molecule has 3 rings (SSSR count). The first-order valence-corrected chi connectivity index (χ1v) is 9.86. The molecule has 3 aromatic rings. The average Bonchev–Trinajstić information content (AvgIpc) is 3.07. The number of aryl methyl sites for hydroxylation is 3. The largest absolute Gasteiger partial charge is 0.271 e. The van der Waals surface area contributed by atoms with Crippen LogP contribution < -0.4 is 4.72 Å². The van der Waals surface area contributed by atoms with Crippen molar-refractivity contribution in [3.63, 3.8) is 0 Å². The minimum absolute atomic E-state index is 0.270. The first-order chi connectivity index (χ1) is 12.4. The molecule has 7 heteroatoms. The number of rotatable bonds is 6. The lowest BCUT2D eigenvalue weighted by Gasteiger charge is -2.12. The molecular weight excluding hydrogens is 348 g/mol. The average molecular weight is 370 g/mol. The van der Waals surface area contributed by atoms with Gasteiger partial charge in [-0.15, -0.1) is 0 Å². The Morgan fingerprint density at radius 2 is 1.69 bits per heavy atom. The van der Waals surface area contributed by atoms with Crippen LogP contribution in [-0.2, 0) is 16.6 Å². The molecule has 2 heterocycles. The first-order valence-electron chi connectivity index (χ1n) is 8.38. The maximum absolute atomic E-state index is 12.6. The molecule has 0 aliphatic rings. The van der Waals surface area contributed by atoms with Gasteiger partial charge in [0.1, 0.15) is 0 Å². The molecule has 0 fully saturated rings. The van der Waals surface area contributed by atoms with E-state index in [0.29, 0.717) is 11.4 Å². The van der Waals surface area contributed by atoms with E-state index in [0.717, 1.165) is 27.9 Å². The Morgan fingerprint density at radius 1 is 1.00 bits per heavy atom. The highest BCUT2D eigenvalue weighted by atomic mass is 32.2. The Hall–Kier alpha value is -2.51. The fourth-order valence-electron chi connectivity index (χ4n) is 2.76. The number of nitrogens with one attached hydrogen (secondary N) is 1. The van der Waals surface area contributed by atoms with Crippen LogP contribution in [0, 0.1) is 20.8 Å². The molecule has 0 aliphatic carbocycles. The van der Waals surface area contributed by atoms with Crippen LogP contribution in [0.5, 0.6) is 0 Å². The maximum Gasteiger partial charge on any atom is 0.240 e. The van der Waals surface area contributed by atoms with Gasteiger partial charge in [-0.1, -0.05) is 6.07 Å². The van der Waals surface area contributed by atoms with Crippen molar-refractivity contribution < 1.29 is 8.42 Å². The highest BCUT2D eigenvalue weighted by Crippen LogP contribution is 2.20. The fourth-order valence-corrected chi connectivity index (χ4v) is 4.09. The van der Waals surface area contributed by atoms with E-state index >= 15 is 0 Å². The summed E-state index contributed by atoms with van der Waals surface area (Å²) in [7, 11) is -3.55. The summed E-state index contributed by atoms with van der Waals surface area (Å²) in [5.41, 5.74) is 4.61. The van der Waals surface area contributed by atoms with Crippen LogP contribution in [0.25, 0.3) is 11.3 Å². The molecule has 1 N–H and O–H groups in total. The van der Waals surface area contributed by atoms with E-state index in [1.165, 1.54) is 0 Å². The van der Waals surface area contributed by atoms with Crippen LogP contribution in [0.3, 0.4) is 0 Å². The summed E-state index contributed by atoms with van der Waals surface area (Å²) in [6.07, 6.45) is 5.27. The van der Waals surface area contributed by atoms with Crippen LogP contribution in [-0.4, -0.2) is 29.7 Å². The summed E-state index contributed by atoms with van der Waals surface area (Å²) in [5, 5.41) is 4.47. The van der Waals surface area contributed by atoms with Gasteiger partial charge >= 0.3 is 0 Å². The maximum atomic E-state index is 12.6. The van der Waals surface area contributed by atoms with E-state index in [1.54, 1.807) is 23.1 Å². The van der Waals surface area contributed by atoms with Gasteiger partial charge in [0.2, 0.25) is 10.0 Å². The topological polar surface area (TPSA) is 76.9 Å². The minimum atomic E-state index is -3.55. The Morgan fingerprint density at radius 3 is 2.42 bits per heavy atom. The molecule has 0 saturated heterocycles. The van der Waals surface area contributed by atoms with E-state index in [2.05, 4.69) is 14.8 Å². The molecule has 0 unspecified atom stereocenters. The normalized spacial score (nSPS) is 11.7.